The summed E-state index contributed by atoms with van der Waals surface area (Å²) in [7, 11) is 0. The normalized spacial score (nSPS) is 11.5. The molecule has 23 heavy (non-hydrogen) atoms. The van der Waals surface area contributed by atoms with Crippen LogP contribution < -0.4 is 10.6 Å². The fourth-order valence-corrected chi connectivity index (χ4v) is 2.11. The van der Waals surface area contributed by atoms with Crippen LogP contribution in [-0.4, -0.2) is 30.0 Å². The van der Waals surface area contributed by atoms with Crippen LogP contribution in [0.5, 0.6) is 0 Å². The first-order valence-electron chi connectivity index (χ1n) is 7.50. The molecule has 0 spiro atoms. The molecule has 5 heteroatoms. The first-order chi connectivity index (χ1) is 11.2. The number of amides is 2. The van der Waals surface area contributed by atoms with Crippen LogP contribution in [0.25, 0.3) is 0 Å². The van der Waals surface area contributed by atoms with E-state index in [0.29, 0.717) is 24.2 Å². The van der Waals surface area contributed by atoms with Crippen molar-refractivity contribution in [3.05, 3.63) is 71.8 Å². The maximum absolute atomic E-state index is 11.8. The zero-order chi connectivity index (χ0) is 16.5. The molecule has 1 unspecified atom stereocenters. The van der Waals surface area contributed by atoms with E-state index in [0.717, 1.165) is 0 Å². The minimum Gasteiger partial charge on any atom is -0.388 e. The lowest BCUT2D eigenvalue weighted by Gasteiger charge is -2.11. The molecule has 120 valence electrons. The summed E-state index contributed by atoms with van der Waals surface area (Å²) in [5, 5.41) is 15.4. The molecule has 0 fully saturated rings. The third-order valence-corrected chi connectivity index (χ3v) is 3.33. The highest BCUT2D eigenvalue weighted by molar-refractivity contribution is 5.94. The number of hydrogen-bond acceptors (Lipinski definition) is 3. The molecule has 0 heterocycles. The maximum atomic E-state index is 11.8. The Labute approximate surface area is 135 Å². The van der Waals surface area contributed by atoms with Crippen LogP contribution in [0.15, 0.2) is 60.7 Å². The average Bonchev–Trinajstić information content (AvgIpc) is 2.60. The monoisotopic (exact) mass is 312 g/mol. The van der Waals surface area contributed by atoms with Crippen LogP contribution in [0.4, 0.5) is 0 Å². The van der Waals surface area contributed by atoms with Crippen LogP contribution in [0.3, 0.4) is 0 Å². The largest absolute Gasteiger partial charge is 0.388 e. The molecule has 0 radical (unpaired) electrons. The Kier molecular flexibility index (Phi) is 6.32. The van der Waals surface area contributed by atoms with Gasteiger partial charge in [-0.3, -0.25) is 9.59 Å². The lowest BCUT2D eigenvalue weighted by Crippen LogP contribution is -2.35. The number of aliphatic hydroxyl groups excluding tert-OH is 1. The van der Waals surface area contributed by atoms with E-state index < -0.39 is 6.10 Å². The Morgan fingerprint density at radius 3 is 2.09 bits per heavy atom. The predicted octanol–water partition coefficient (Wildman–Crippen LogP) is 1.66. The van der Waals surface area contributed by atoms with E-state index in [2.05, 4.69) is 10.6 Å². The van der Waals surface area contributed by atoms with E-state index in [4.69, 9.17) is 0 Å². The summed E-state index contributed by atoms with van der Waals surface area (Å²) in [4.78, 5) is 23.5. The third kappa shape index (κ3) is 5.56. The molecule has 0 aliphatic heterocycles. The zero-order valence-electron chi connectivity index (χ0n) is 12.7. The first-order valence-corrected chi connectivity index (χ1v) is 7.50. The summed E-state index contributed by atoms with van der Waals surface area (Å²) < 4.78 is 0. The van der Waals surface area contributed by atoms with E-state index in [9.17, 15) is 14.7 Å². The lowest BCUT2D eigenvalue weighted by atomic mass is 10.1. The van der Waals surface area contributed by atoms with Gasteiger partial charge in [0.25, 0.3) is 5.91 Å². The fraction of sp³-hybridized carbons (Fsp3) is 0.222. The van der Waals surface area contributed by atoms with Gasteiger partial charge < -0.3 is 15.7 Å². The quantitative estimate of drug-likeness (QED) is 0.680. The Morgan fingerprint density at radius 2 is 1.43 bits per heavy atom. The number of benzene rings is 2. The molecule has 2 amide bonds. The number of rotatable bonds is 7. The number of carbonyl (C=O) groups excluding carboxylic acids is 2. The van der Waals surface area contributed by atoms with Crippen molar-refractivity contribution in [2.45, 2.75) is 12.5 Å². The van der Waals surface area contributed by atoms with Gasteiger partial charge in [-0.15, -0.1) is 0 Å². The molecule has 2 aromatic rings. The summed E-state index contributed by atoms with van der Waals surface area (Å²) in [5.41, 5.74) is 1.29. The highest BCUT2D eigenvalue weighted by Crippen LogP contribution is 2.15. The Hall–Kier alpha value is -2.66. The van der Waals surface area contributed by atoms with Gasteiger partial charge in [-0.1, -0.05) is 48.5 Å². The minimum absolute atomic E-state index is 0.00333. The molecule has 1 atom stereocenters. The van der Waals surface area contributed by atoms with Gasteiger partial charge in [0.15, 0.2) is 0 Å². The molecule has 0 aliphatic carbocycles. The molecule has 0 saturated carbocycles. The Bertz CT molecular complexity index is 629. The summed E-state index contributed by atoms with van der Waals surface area (Å²) in [6.07, 6.45) is -0.827. The number of aliphatic hydroxyl groups is 1. The van der Waals surface area contributed by atoms with Crippen LogP contribution in [0.2, 0.25) is 0 Å². The smallest absolute Gasteiger partial charge is 0.251 e. The highest BCUT2D eigenvalue weighted by atomic mass is 16.3. The third-order valence-electron chi connectivity index (χ3n) is 3.33. The van der Waals surface area contributed by atoms with Crippen molar-refractivity contribution in [2.75, 3.05) is 13.1 Å². The molecule has 3 N–H and O–H groups in total. The van der Waals surface area contributed by atoms with Crippen molar-refractivity contribution < 1.29 is 14.7 Å². The van der Waals surface area contributed by atoms with E-state index in [1.165, 1.54) is 0 Å². The van der Waals surface area contributed by atoms with Crippen molar-refractivity contribution in [1.29, 1.82) is 0 Å². The number of hydrogen-bond donors (Lipinski definition) is 3. The molecule has 0 aromatic heterocycles. The molecule has 0 saturated heterocycles. The zero-order valence-corrected chi connectivity index (χ0v) is 12.7. The van der Waals surface area contributed by atoms with Crippen molar-refractivity contribution in [3.63, 3.8) is 0 Å². The fourth-order valence-electron chi connectivity index (χ4n) is 2.11. The molecule has 0 aliphatic rings. The van der Waals surface area contributed by atoms with Crippen molar-refractivity contribution >= 4 is 11.8 Å². The maximum Gasteiger partial charge on any atom is 0.251 e. The van der Waals surface area contributed by atoms with E-state index >= 15 is 0 Å². The van der Waals surface area contributed by atoms with Gasteiger partial charge in [-0.2, -0.15) is 0 Å². The van der Waals surface area contributed by atoms with Crippen LogP contribution in [-0.2, 0) is 4.79 Å². The summed E-state index contributed by atoms with van der Waals surface area (Å²) in [5.74, 6) is -0.431. The minimum atomic E-state index is -0.824. The van der Waals surface area contributed by atoms with Crippen molar-refractivity contribution in [1.82, 2.24) is 10.6 Å². The second kappa shape index (κ2) is 8.70. The van der Waals surface area contributed by atoms with Gasteiger partial charge in [0, 0.05) is 18.7 Å². The number of nitrogens with one attached hydrogen (secondary N) is 2. The van der Waals surface area contributed by atoms with Crippen LogP contribution in [0, 0.1) is 0 Å². The molecule has 0 bridgehead atoms. The average molecular weight is 312 g/mol. The number of carbonyl (C=O) groups is 2. The molecule has 2 aromatic carbocycles. The SMILES string of the molecule is O=C(CC(O)c1ccccc1)NCCNC(=O)c1ccccc1. The molecule has 2 rings (SSSR count). The Balaban J connectivity index is 1.66. The molecular weight excluding hydrogens is 292 g/mol. The second-order valence-corrected chi connectivity index (χ2v) is 5.10. The van der Waals surface area contributed by atoms with Crippen molar-refractivity contribution in [2.24, 2.45) is 0 Å². The van der Waals surface area contributed by atoms with Gasteiger partial charge in [0.1, 0.15) is 0 Å². The van der Waals surface area contributed by atoms with Crippen molar-refractivity contribution in [3.8, 4) is 0 Å². The summed E-state index contributed by atoms with van der Waals surface area (Å²) in [6.45, 7) is 0.653. The first kappa shape index (κ1) is 16.7. The summed E-state index contributed by atoms with van der Waals surface area (Å²) in [6, 6.07) is 17.9. The van der Waals surface area contributed by atoms with Gasteiger partial charge in [0.2, 0.25) is 5.91 Å². The lowest BCUT2D eigenvalue weighted by molar-refractivity contribution is -0.123. The second-order valence-electron chi connectivity index (χ2n) is 5.10. The topological polar surface area (TPSA) is 78.4 Å². The highest BCUT2D eigenvalue weighted by Gasteiger charge is 2.12. The Morgan fingerprint density at radius 1 is 0.870 bits per heavy atom. The van der Waals surface area contributed by atoms with Gasteiger partial charge >= 0.3 is 0 Å². The van der Waals surface area contributed by atoms with E-state index in [1.54, 1.807) is 36.4 Å². The van der Waals surface area contributed by atoms with E-state index in [1.807, 2.05) is 24.3 Å². The van der Waals surface area contributed by atoms with Gasteiger partial charge in [0.05, 0.1) is 12.5 Å². The summed E-state index contributed by atoms with van der Waals surface area (Å²) >= 11 is 0. The molecule has 5 nitrogen and oxygen atoms in total. The van der Waals surface area contributed by atoms with Gasteiger partial charge in [-0.25, -0.2) is 0 Å². The van der Waals surface area contributed by atoms with Crippen LogP contribution >= 0.6 is 0 Å². The van der Waals surface area contributed by atoms with E-state index in [-0.39, 0.29) is 18.2 Å². The predicted molar refractivity (Wildman–Crippen MR) is 87.8 cm³/mol. The standard InChI is InChI=1S/C18H20N2O3/c21-16(14-7-3-1-4-8-14)13-17(22)19-11-12-20-18(23)15-9-5-2-6-10-15/h1-10,16,21H,11-13H2,(H,19,22)(H,20,23). The molecular formula is C18H20N2O3. The van der Waals surface area contributed by atoms with Gasteiger partial charge in [-0.05, 0) is 17.7 Å². The van der Waals surface area contributed by atoms with Crippen LogP contribution in [0.1, 0.15) is 28.4 Å².